The summed E-state index contributed by atoms with van der Waals surface area (Å²) >= 11 is 1.59. The molecule has 0 bridgehead atoms. The molecule has 3 aromatic rings. The summed E-state index contributed by atoms with van der Waals surface area (Å²) in [5.74, 6) is 0.388. The minimum Gasteiger partial charge on any atom is -0.351 e. The molecule has 5 nitrogen and oxygen atoms in total. The number of aryl methyl sites for hydroxylation is 1. The second kappa shape index (κ2) is 7.66. The number of thiophene rings is 1. The third-order valence-electron chi connectivity index (χ3n) is 6.03. The molecule has 1 fully saturated rings. The van der Waals surface area contributed by atoms with Gasteiger partial charge in [0.1, 0.15) is 6.04 Å². The first-order valence-corrected chi connectivity index (χ1v) is 11.0. The van der Waals surface area contributed by atoms with Crippen molar-refractivity contribution in [3.63, 3.8) is 0 Å². The van der Waals surface area contributed by atoms with Crippen LogP contribution in [0, 0.1) is 12.8 Å². The van der Waals surface area contributed by atoms with E-state index in [9.17, 15) is 9.59 Å². The van der Waals surface area contributed by atoms with Crippen LogP contribution in [0.3, 0.4) is 0 Å². The highest BCUT2D eigenvalue weighted by Gasteiger charge is 2.28. The Morgan fingerprint density at radius 1 is 1.32 bits per heavy atom. The highest BCUT2D eigenvalue weighted by atomic mass is 32.1. The smallest absolute Gasteiger partial charge is 0.276 e. The fourth-order valence-electron chi connectivity index (χ4n) is 4.37. The normalized spacial score (nSPS) is 21.1. The van der Waals surface area contributed by atoms with Crippen LogP contribution in [-0.4, -0.2) is 21.7 Å². The van der Waals surface area contributed by atoms with E-state index in [2.05, 4.69) is 17.3 Å². The van der Waals surface area contributed by atoms with E-state index < -0.39 is 6.04 Å². The van der Waals surface area contributed by atoms with Gasteiger partial charge in [0.2, 0.25) is 5.91 Å². The van der Waals surface area contributed by atoms with Gasteiger partial charge in [-0.3, -0.25) is 9.59 Å². The SMILES string of the molecule is CC[C@H](C(=O)N[C@H]1CCCC[C@@H]1C)n1nc(C)c2sc3ccccc3c2c1=O. The van der Waals surface area contributed by atoms with Crippen LogP contribution in [0.4, 0.5) is 0 Å². The van der Waals surface area contributed by atoms with Crippen molar-refractivity contribution in [3.8, 4) is 0 Å². The Labute approximate surface area is 168 Å². The number of fused-ring (bicyclic) bond motifs is 3. The third-order valence-corrected chi connectivity index (χ3v) is 7.31. The minimum atomic E-state index is -0.580. The largest absolute Gasteiger partial charge is 0.351 e. The van der Waals surface area contributed by atoms with E-state index >= 15 is 0 Å². The number of rotatable bonds is 4. The first-order valence-electron chi connectivity index (χ1n) is 10.2. The Hall–Kier alpha value is -2.21. The van der Waals surface area contributed by atoms with Crippen LogP contribution in [0.5, 0.6) is 0 Å². The van der Waals surface area contributed by atoms with Crippen molar-refractivity contribution < 1.29 is 4.79 Å². The van der Waals surface area contributed by atoms with Crippen LogP contribution in [0.25, 0.3) is 20.2 Å². The average Bonchev–Trinajstić information content (AvgIpc) is 3.08. The van der Waals surface area contributed by atoms with Crippen molar-refractivity contribution in [2.45, 2.75) is 65.0 Å². The number of hydrogen-bond donors (Lipinski definition) is 1. The predicted molar refractivity (Wildman–Crippen MR) is 115 cm³/mol. The van der Waals surface area contributed by atoms with Crippen molar-refractivity contribution in [2.75, 3.05) is 0 Å². The molecule has 1 aromatic carbocycles. The molecule has 1 N–H and O–H groups in total. The monoisotopic (exact) mass is 397 g/mol. The molecular weight excluding hydrogens is 370 g/mol. The Bertz CT molecular complexity index is 1080. The zero-order valence-electron chi connectivity index (χ0n) is 16.7. The highest BCUT2D eigenvalue weighted by Crippen LogP contribution is 2.33. The molecule has 0 aliphatic heterocycles. The van der Waals surface area contributed by atoms with E-state index in [4.69, 9.17) is 0 Å². The van der Waals surface area contributed by atoms with Crippen LogP contribution >= 0.6 is 11.3 Å². The fraction of sp³-hybridized carbons (Fsp3) is 0.500. The van der Waals surface area contributed by atoms with E-state index in [1.807, 2.05) is 38.1 Å². The lowest BCUT2D eigenvalue weighted by molar-refractivity contribution is -0.126. The van der Waals surface area contributed by atoms with E-state index in [1.165, 1.54) is 11.1 Å². The lowest BCUT2D eigenvalue weighted by Gasteiger charge is -2.31. The van der Waals surface area contributed by atoms with Crippen molar-refractivity contribution in [1.82, 2.24) is 15.1 Å². The summed E-state index contributed by atoms with van der Waals surface area (Å²) < 4.78 is 3.41. The molecule has 0 radical (unpaired) electrons. The predicted octanol–water partition coefficient (Wildman–Crippen LogP) is 4.57. The zero-order valence-corrected chi connectivity index (χ0v) is 17.5. The lowest BCUT2D eigenvalue weighted by atomic mass is 9.86. The number of carbonyl (C=O) groups excluding carboxylic acids is 1. The fourth-order valence-corrected chi connectivity index (χ4v) is 5.50. The molecule has 148 valence electrons. The molecule has 1 amide bonds. The molecule has 3 atom stereocenters. The number of carbonyl (C=O) groups is 1. The standard InChI is InChI=1S/C22H27N3O2S/c1-4-17(21(26)23-16-11-7-5-9-13(16)2)25-22(27)19-15-10-6-8-12-18(15)28-20(19)14(3)24-25/h6,8,10,12-13,16-17H,4-5,7,9,11H2,1-3H3,(H,23,26)/t13-,16-,17+/m0/s1. The van der Waals surface area contributed by atoms with Gasteiger partial charge < -0.3 is 5.32 Å². The number of nitrogens with zero attached hydrogens (tertiary/aromatic N) is 2. The van der Waals surface area contributed by atoms with Crippen molar-refractivity contribution in [3.05, 3.63) is 40.3 Å². The van der Waals surface area contributed by atoms with E-state index in [-0.39, 0.29) is 17.5 Å². The zero-order chi connectivity index (χ0) is 19.8. The number of benzene rings is 1. The Morgan fingerprint density at radius 3 is 2.82 bits per heavy atom. The van der Waals surface area contributed by atoms with Gasteiger partial charge >= 0.3 is 0 Å². The van der Waals surface area contributed by atoms with E-state index in [0.29, 0.717) is 17.7 Å². The Morgan fingerprint density at radius 2 is 2.07 bits per heavy atom. The first-order chi connectivity index (χ1) is 13.5. The molecule has 0 unspecified atom stereocenters. The number of hydrogen-bond acceptors (Lipinski definition) is 4. The maximum absolute atomic E-state index is 13.3. The third kappa shape index (κ3) is 3.24. The van der Waals surface area contributed by atoms with Gasteiger partial charge in [0.15, 0.2) is 0 Å². The lowest BCUT2D eigenvalue weighted by Crippen LogP contribution is -2.46. The molecule has 0 spiro atoms. The summed E-state index contributed by atoms with van der Waals surface area (Å²) in [5.41, 5.74) is 0.629. The van der Waals surface area contributed by atoms with Gasteiger partial charge in [0, 0.05) is 16.1 Å². The molecular formula is C22H27N3O2S. The maximum Gasteiger partial charge on any atom is 0.276 e. The van der Waals surface area contributed by atoms with Gasteiger partial charge in [-0.2, -0.15) is 5.10 Å². The molecule has 1 aliphatic carbocycles. The average molecular weight is 398 g/mol. The van der Waals surface area contributed by atoms with Gasteiger partial charge in [-0.15, -0.1) is 11.3 Å². The molecule has 1 aliphatic rings. The van der Waals surface area contributed by atoms with Crippen LogP contribution in [-0.2, 0) is 4.79 Å². The summed E-state index contributed by atoms with van der Waals surface area (Å²) in [6.07, 6.45) is 5.07. The second-order valence-electron chi connectivity index (χ2n) is 7.94. The maximum atomic E-state index is 13.3. The molecule has 4 rings (SSSR count). The first kappa shape index (κ1) is 19.1. The molecule has 28 heavy (non-hydrogen) atoms. The molecule has 2 aromatic heterocycles. The molecule has 2 heterocycles. The summed E-state index contributed by atoms with van der Waals surface area (Å²) in [6, 6.07) is 7.54. The summed E-state index contributed by atoms with van der Waals surface area (Å²) in [7, 11) is 0. The van der Waals surface area contributed by atoms with Gasteiger partial charge in [-0.05, 0) is 38.2 Å². The highest BCUT2D eigenvalue weighted by molar-refractivity contribution is 7.26. The van der Waals surface area contributed by atoms with Crippen molar-refractivity contribution >= 4 is 37.4 Å². The molecule has 6 heteroatoms. The number of amides is 1. The van der Waals surface area contributed by atoms with Crippen LogP contribution < -0.4 is 10.9 Å². The van der Waals surface area contributed by atoms with Gasteiger partial charge in [0.25, 0.3) is 5.56 Å². The summed E-state index contributed by atoms with van der Waals surface area (Å²) in [4.78, 5) is 26.4. The number of aromatic nitrogens is 2. The van der Waals surface area contributed by atoms with Gasteiger partial charge in [0.05, 0.1) is 15.8 Å². The topological polar surface area (TPSA) is 64.0 Å². The van der Waals surface area contributed by atoms with E-state index in [0.717, 1.165) is 39.7 Å². The molecule has 1 saturated carbocycles. The summed E-state index contributed by atoms with van der Waals surface area (Å²) in [5, 5.41) is 9.39. The quantitative estimate of drug-likeness (QED) is 0.702. The minimum absolute atomic E-state index is 0.0888. The Kier molecular flexibility index (Phi) is 5.23. The van der Waals surface area contributed by atoms with Crippen molar-refractivity contribution in [2.24, 2.45) is 5.92 Å². The molecule has 0 saturated heterocycles. The van der Waals surface area contributed by atoms with Crippen LogP contribution in [0.1, 0.15) is 57.7 Å². The Balaban J connectivity index is 1.75. The van der Waals surface area contributed by atoms with Crippen molar-refractivity contribution in [1.29, 1.82) is 0 Å². The van der Waals surface area contributed by atoms with Gasteiger partial charge in [-0.1, -0.05) is 44.9 Å². The van der Waals surface area contributed by atoms with Crippen LogP contribution in [0.2, 0.25) is 0 Å². The van der Waals surface area contributed by atoms with E-state index in [1.54, 1.807) is 11.3 Å². The van der Waals surface area contributed by atoms with Crippen LogP contribution in [0.15, 0.2) is 29.1 Å². The van der Waals surface area contributed by atoms with Gasteiger partial charge in [-0.25, -0.2) is 4.68 Å². The summed E-state index contributed by atoms with van der Waals surface area (Å²) in [6.45, 7) is 6.05. The number of nitrogens with one attached hydrogen (secondary N) is 1. The second-order valence-corrected chi connectivity index (χ2v) is 8.99.